The van der Waals surface area contributed by atoms with E-state index in [1.807, 2.05) is 24.3 Å². The molecule has 0 amide bonds. The third-order valence-corrected chi connectivity index (χ3v) is 5.61. The molecule has 0 spiro atoms. The standard InChI is InChI=1S/C23H25NO2/c1-2-4-16-7-13-19(14-8-16)22-20(5-3-6-21(22)23(25)26)18-11-9-17(15-24)10-12-18/h3,5-6,9-12,16,19H,2,4,7-8,13-14H2,1H3,(H,25,26). The van der Waals surface area contributed by atoms with Gasteiger partial charge in [-0.2, -0.15) is 5.26 Å². The van der Waals surface area contributed by atoms with E-state index in [4.69, 9.17) is 5.26 Å². The van der Waals surface area contributed by atoms with Crippen LogP contribution in [0.2, 0.25) is 0 Å². The van der Waals surface area contributed by atoms with Gasteiger partial charge in [0, 0.05) is 0 Å². The largest absolute Gasteiger partial charge is 0.478 e. The van der Waals surface area contributed by atoms with Gasteiger partial charge in [0.15, 0.2) is 0 Å². The average molecular weight is 347 g/mol. The van der Waals surface area contributed by atoms with Gasteiger partial charge in [0.05, 0.1) is 17.2 Å². The normalized spacial score (nSPS) is 19.7. The summed E-state index contributed by atoms with van der Waals surface area (Å²) in [5.74, 6) is 0.221. The molecule has 0 aromatic heterocycles. The summed E-state index contributed by atoms with van der Waals surface area (Å²) in [6.07, 6.45) is 6.96. The van der Waals surface area contributed by atoms with Crippen molar-refractivity contribution in [1.29, 1.82) is 5.26 Å². The molecular formula is C23H25NO2. The highest BCUT2D eigenvalue weighted by molar-refractivity contribution is 5.92. The molecule has 3 nitrogen and oxygen atoms in total. The van der Waals surface area contributed by atoms with Gasteiger partial charge in [0.2, 0.25) is 0 Å². The zero-order valence-electron chi connectivity index (χ0n) is 15.2. The van der Waals surface area contributed by atoms with Crippen molar-refractivity contribution < 1.29 is 9.90 Å². The molecule has 1 aliphatic rings. The fourth-order valence-corrected chi connectivity index (χ4v) is 4.32. The SMILES string of the molecule is CCCC1CCC(c2c(C(=O)O)cccc2-c2ccc(C#N)cc2)CC1. The molecule has 0 aliphatic heterocycles. The summed E-state index contributed by atoms with van der Waals surface area (Å²) >= 11 is 0. The summed E-state index contributed by atoms with van der Waals surface area (Å²) in [7, 11) is 0. The summed E-state index contributed by atoms with van der Waals surface area (Å²) in [4.78, 5) is 11.9. The Kier molecular flexibility index (Phi) is 5.73. The maximum Gasteiger partial charge on any atom is 0.335 e. The molecule has 2 aromatic rings. The van der Waals surface area contributed by atoms with Gasteiger partial charge in [0.1, 0.15) is 0 Å². The van der Waals surface area contributed by atoms with Crippen molar-refractivity contribution in [1.82, 2.24) is 0 Å². The van der Waals surface area contributed by atoms with Crippen LogP contribution < -0.4 is 0 Å². The maximum atomic E-state index is 11.9. The summed E-state index contributed by atoms with van der Waals surface area (Å²) < 4.78 is 0. The molecule has 1 saturated carbocycles. The van der Waals surface area contributed by atoms with Crippen LogP contribution in [-0.2, 0) is 0 Å². The number of carbonyl (C=O) groups is 1. The summed E-state index contributed by atoms with van der Waals surface area (Å²) in [6.45, 7) is 2.23. The van der Waals surface area contributed by atoms with Crippen molar-refractivity contribution >= 4 is 5.97 Å². The van der Waals surface area contributed by atoms with Crippen LogP contribution in [0.15, 0.2) is 42.5 Å². The molecule has 0 bridgehead atoms. The molecule has 0 heterocycles. The Labute approximate surface area is 155 Å². The van der Waals surface area contributed by atoms with E-state index in [0.717, 1.165) is 35.4 Å². The van der Waals surface area contributed by atoms with E-state index in [2.05, 4.69) is 13.0 Å². The lowest BCUT2D eigenvalue weighted by Crippen LogP contribution is -2.16. The molecule has 1 fully saturated rings. The monoisotopic (exact) mass is 347 g/mol. The van der Waals surface area contributed by atoms with Crippen LogP contribution in [0.4, 0.5) is 0 Å². The van der Waals surface area contributed by atoms with Crippen LogP contribution in [-0.4, -0.2) is 11.1 Å². The molecule has 0 unspecified atom stereocenters. The van der Waals surface area contributed by atoms with Crippen LogP contribution >= 0.6 is 0 Å². The first-order valence-electron chi connectivity index (χ1n) is 9.50. The first-order chi connectivity index (χ1) is 12.6. The van der Waals surface area contributed by atoms with Gasteiger partial charge in [-0.25, -0.2) is 4.79 Å². The number of aromatic carboxylic acids is 1. The summed E-state index contributed by atoms with van der Waals surface area (Å²) in [5, 5.41) is 18.8. The van der Waals surface area contributed by atoms with Gasteiger partial charge in [-0.15, -0.1) is 0 Å². The molecular weight excluding hydrogens is 322 g/mol. The molecule has 26 heavy (non-hydrogen) atoms. The van der Waals surface area contributed by atoms with Crippen molar-refractivity contribution in [3.05, 3.63) is 59.2 Å². The van der Waals surface area contributed by atoms with E-state index in [1.165, 1.54) is 25.7 Å². The fraction of sp³-hybridized carbons (Fsp3) is 0.391. The first kappa shape index (κ1) is 18.2. The molecule has 3 rings (SSSR count). The van der Waals surface area contributed by atoms with Crippen molar-refractivity contribution in [2.75, 3.05) is 0 Å². The van der Waals surface area contributed by atoms with Crippen molar-refractivity contribution in [3.8, 4) is 17.2 Å². The van der Waals surface area contributed by atoms with Crippen molar-refractivity contribution in [3.63, 3.8) is 0 Å². The van der Waals surface area contributed by atoms with Gasteiger partial charge < -0.3 is 5.11 Å². The lowest BCUT2D eigenvalue weighted by molar-refractivity contribution is 0.0694. The molecule has 0 saturated heterocycles. The molecule has 1 N–H and O–H groups in total. The minimum atomic E-state index is -0.855. The zero-order chi connectivity index (χ0) is 18.5. The molecule has 134 valence electrons. The van der Waals surface area contributed by atoms with Crippen LogP contribution in [0.5, 0.6) is 0 Å². The van der Waals surface area contributed by atoms with E-state index >= 15 is 0 Å². The van der Waals surface area contributed by atoms with E-state index in [0.29, 0.717) is 17.0 Å². The lowest BCUT2D eigenvalue weighted by Gasteiger charge is -2.31. The topological polar surface area (TPSA) is 61.1 Å². The molecule has 3 heteroatoms. The summed E-state index contributed by atoms with van der Waals surface area (Å²) in [6, 6.07) is 15.1. The Morgan fingerprint density at radius 1 is 1.12 bits per heavy atom. The predicted octanol–water partition coefficient (Wildman–Crippen LogP) is 6.00. The predicted molar refractivity (Wildman–Crippen MR) is 103 cm³/mol. The number of carboxylic acids is 1. The third kappa shape index (κ3) is 3.80. The van der Waals surface area contributed by atoms with Crippen LogP contribution in [0.3, 0.4) is 0 Å². The Hall–Kier alpha value is -2.60. The second kappa shape index (κ2) is 8.19. The number of hydrogen-bond acceptors (Lipinski definition) is 2. The van der Waals surface area contributed by atoms with Gasteiger partial charge in [-0.1, -0.05) is 44.0 Å². The highest BCUT2D eigenvalue weighted by atomic mass is 16.4. The maximum absolute atomic E-state index is 11.9. The van der Waals surface area contributed by atoms with E-state index in [1.54, 1.807) is 18.2 Å². The van der Waals surface area contributed by atoms with E-state index in [9.17, 15) is 9.90 Å². The number of nitriles is 1. The Balaban J connectivity index is 1.99. The van der Waals surface area contributed by atoms with Crippen LogP contribution in [0.25, 0.3) is 11.1 Å². The van der Waals surface area contributed by atoms with Gasteiger partial charge in [-0.05, 0) is 72.4 Å². The Morgan fingerprint density at radius 2 is 1.81 bits per heavy atom. The number of benzene rings is 2. The second-order valence-electron chi connectivity index (χ2n) is 7.27. The van der Waals surface area contributed by atoms with Crippen LogP contribution in [0, 0.1) is 17.2 Å². The van der Waals surface area contributed by atoms with Gasteiger partial charge in [0.25, 0.3) is 0 Å². The lowest BCUT2D eigenvalue weighted by atomic mass is 9.74. The highest BCUT2D eigenvalue weighted by Gasteiger charge is 2.27. The number of nitrogens with zero attached hydrogens (tertiary/aromatic N) is 1. The number of carboxylic acid groups (broad SMARTS) is 1. The van der Waals surface area contributed by atoms with Crippen molar-refractivity contribution in [2.45, 2.75) is 51.4 Å². The second-order valence-corrected chi connectivity index (χ2v) is 7.27. The van der Waals surface area contributed by atoms with E-state index < -0.39 is 5.97 Å². The number of hydrogen-bond donors (Lipinski definition) is 1. The molecule has 1 aliphatic carbocycles. The quantitative estimate of drug-likeness (QED) is 0.722. The Morgan fingerprint density at radius 3 is 2.38 bits per heavy atom. The average Bonchev–Trinajstić information content (AvgIpc) is 2.68. The molecule has 2 aromatic carbocycles. The summed E-state index contributed by atoms with van der Waals surface area (Å²) in [5.41, 5.74) is 3.99. The number of rotatable bonds is 5. The third-order valence-electron chi connectivity index (χ3n) is 5.61. The van der Waals surface area contributed by atoms with Crippen LogP contribution in [0.1, 0.15) is 72.9 Å². The minimum absolute atomic E-state index is 0.293. The minimum Gasteiger partial charge on any atom is -0.478 e. The fourth-order valence-electron chi connectivity index (χ4n) is 4.32. The van der Waals surface area contributed by atoms with E-state index in [-0.39, 0.29) is 0 Å². The first-order valence-corrected chi connectivity index (χ1v) is 9.50. The van der Waals surface area contributed by atoms with Crippen molar-refractivity contribution in [2.24, 2.45) is 5.92 Å². The molecule has 0 radical (unpaired) electrons. The van der Waals surface area contributed by atoms with Gasteiger partial charge >= 0.3 is 5.97 Å². The highest BCUT2D eigenvalue weighted by Crippen LogP contribution is 2.42. The Bertz CT molecular complexity index is 809. The zero-order valence-corrected chi connectivity index (χ0v) is 15.2. The van der Waals surface area contributed by atoms with Gasteiger partial charge in [-0.3, -0.25) is 0 Å². The smallest absolute Gasteiger partial charge is 0.335 e. The molecule has 0 atom stereocenters.